The summed E-state index contributed by atoms with van der Waals surface area (Å²) in [5.74, 6) is -0.0346. The first-order valence-corrected chi connectivity index (χ1v) is 16.8. The average molecular weight is 649 g/mol. The van der Waals surface area contributed by atoms with Crippen LogP contribution in [0, 0.1) is 0 Å². The molecule has 0 aliphatic rings. The Bertz CT molecular complexity index is 1470. The van der Waals surface area contributed by atoms with E-state index in [4.69, 9.17) is 27.9 Å². The monoisotopic (exact) mass is 647 g/mol. The first kappa shape index (κ1) is 34.2. The van der Waals surface area contributed by atoms with Crippen LogP contribution in [0.5, 0.6) is 5.75 Å². The van der Waals surface area contributed by atoms with Crippen molar-refractivity contribution >= 4 is 50.7 Å². The summed E-state index contributed by atoms with van der Waals surface area (Å²) >= 11 is 12.6. The number of sulfonamides is 1. The van der Waals surface area contributed by atoms with Gasteiger partial charge in [0.15, 0.2) is 0 Å². The Morgan fingerprint density at radius 1 is 0.977 bits per heavy atom. The number of ether oxygens (including phenoxy) is 1. The smallest absolute Gasteiger partial charge is 0.243 e. The lowest BCUT2D eigenvalue weighted by atomic mass is 10.0. The quantitative estimate of drug-likeness (QED) is 0.189. The number of nitrogens with one attached hydrogen (secondary N) is 1. The van der Waals surface area contributed by atoms with Crippen LogP contribution >= 0.6 is 23.2 Å². The van der Waals surface area contributed by atoms with Crippen molar-refractivity contribution in [3.8, 4) is 5.75 Å². The predicted molar refractivity (Wildman–Crippen MR) is 173 cm³/mol. The van der Waals surface area contributed by atoms with Crippen molar-refractivity contribution in [2.24, 2.45) is 0 Å². The Kier molecular flexibility index (Phi) is 13.2. The van der Waals surface area contributed by atoms with Crippen molar-refractivity contribution in [2.45, 2.75) is 51.6 Å². The zero-order valence-electron chi connectivity index (χ0n) is 24.8. The Morgan fingerprint density at radius 3 is 2.37 bits per heavy atom. The fourth-order valence-electron chi connectivity index (χ4n) is 4.66. The highest BCUT2D eigenvalue weighted by atomic mass is 35.5. The summed E-state index contributed by atoms with van der Waals surface area (Å²) in [6, 6.07) is 20.5. The van der Waals surface area contributed by atoms with Crippen LogP contribution in [0.4, 0.5) is 5.69 Å². The minimum Gasteiger partial charge on any atom is -0.497 e. The molecule has 43 heavy (non-hydrogen) atoms. The highest BCUT2D eigenvalue weighted by molar-refractivity contribution is 7.92. The normalized spacial score (nSPS) is 11.9. The lowest BCUT2D eigenvalue weighted by Crippen LogP contribution is -2.50. The third kappa shape index (κ3) is 10.4. The van der Waals surface area contributed by atoms with Gasteiger partial charge in [0.2, 0.25) is 21.8 Å². The molecule has 1 N–H and O–H groups in total. The lowest BCUT2D eigenvalue weighted by molar-refractivity contribution is -0.141. The highest BCUT2D eigenvalue weighted by Gasteiger charge is 2.31. The molecular formula is C32H39Cl2N3O5S. The fraction of sp³-hybridized carbons (Fsp3) is 0.375. The Balaban J connectivity index is 1.90. The maximum absolute atomic E-state index is 13.9. The Labute approximate surface area is 265 Å². The van der Waals surface area contributed by atoms with E-state index >= 15 is 0 Å². The molecule has 11 heteroatoms. The topological polar surface area (TPSA) is 96.0 Å². The van der Waals surface area contributed by atoms with Crippen LogP contribution in [0.15, 0.2) is 72.8 Å². The molecule has 0 heterocycles. The van der Waals surface area contributed by atoms with Gasteiger partial charge >= 0.3 is 0 Å². The summed E-state index contributed by atoms with van der Waals surface area (Å²) in [7, 11) is -2.14. The Morgan fingerprint density at radius 2 is 1.72 bits per heavy atom. The van der Waals surface area contributed by atoms with Gasteiger partial charge in [0.1, 0.15) is 11.8 Å². The number of rotatable bonds is 16. The van der Waals surface area contributed by atoms with Gasteiger partial charge in [0, 0.05) is 48.6 Å². The van der Waals surface area contributed by atoms with E-state index in [1.54, 1.807) is 47.4 Å². The SMILES string of the molecule is CCCCNC(=O)[C@@H](Cc1ccccc1)N(Cc1ccc(Cl)cc1Cl)C(=O)CCCN(c1cccc(OC)c1)S(C)(=O)=O. The summed E-state index contributed by atoms with van der Waals surface area (Å²) < 4.78 is 31.9. The van der Waals surface area contributed by atoms with Gasteiger partial charge in [-0.2, -0.15) is 0 Å². The number of anilines is 1. The van der Waals surface area contributed by atoms with Crippen LogP contribution in [0.2, 0.25) is 10.0 Å². The maximum Gasteiger partial charge on any atom is 0.243 e. The van der Waals surface area contributed by atoms with Crippen LogP contribution in [0.1, 0.15) is 43.7 Å². The van der Waals surface area contributed by atoms with Crippen molar-refractivity contribution < 1.29 is 22.7 Å². The van der Waals surface area contributed by atoms with E-state index in [2.05, 4.69) is 5.32 Å². The number of amides is 2. The van der Waals surface area contributed by atoms with E-state index < -0.39 is 16.1 Å². The minimum absolute atomic E-state index is 0.00866. The van der Waals surface area contributed by atoms with Gasteiger partial charge in [0.25, 0.3) is 0 Å². The first-order valence-electron chi connectivity index (χ1n) is 14.2. The number of nitrogens with zero attached hydrogens (tertiary/aromatic N) is 2. The molecule has 0 spiro atoms. The molecule has 3 aromatic carbocycles. The second-order valence-electron chi connectivity index (χ2n) is 10.2. The number of carbonyl (C=O) groups is 2. The summed E-state index contributed by atoms with van der Waals surface area (Å²) in [6.07, 6.45) is 3.38. The van der Waals surface area contributed by atoms with E-state index in [1.807, 2.05) is 37.3 Å². The number of carbonyl (C=O) groups excluding carboxylic acids is 2. The summed E-state index contributed by atoms with van der Waals surface area (Å²) in [6.45, 7) is 2.68. The summed E-state index contributed by atoms with van der Waals surface area (Å²) in [5, 5.41) is 3.84. The van der Waals surface area contributed by atoms with Crippen molar-refractivity contribution in [3.63, 3.8) is 0 Å². The minimum atomic E-state index is -3.64. The largest absolute Gasteiger partial charge is 0.497 e. The molecule has 0 saturated carbocycles. The zero-order chi connectivity index (χ0) is 31.4. The molecule has 1 atom stereocenters. The molecule has 0 bridgehead atoms. The predicted octanol–water partition coefficient (Wildman–Crippen LogP) is 6.10. The molecule has 0 saturated heterocycles. The molecule has 3 rings (SSSR count). The summed E-state index contributed by atoms with van der Waals surface area (Å²) in [4.78, 5) is 29.1. The molecule has 0 fully saturated rings. The van der Waals surface area contributed by atoms with E-state index in [0.717, 1.165) is 24.7 Å². The van der Waals surface area contributed by atoms with Gasteiger partial charge in [-0.25, -0.2) is 8.42 Å². The Hall–Kier alpha value is -3.27. The van der Waals surface area contributed by atoms with E-state index in [0.29, 0.717) is 40.0 Å². The van der Waals surface area contributed by atoms with Crippen LogP contribution in [-0.2, 0) is 32.6 Å². The van der Waals surface area contributed by atoms with Crippen LogP contribution in [0.3, 0.4) is 0 Å². The molecule has 2 amide bonds. The van der Waals surface area contributed by atoms with Crippen molar-refractivity contribution in [1.82, 2.24) is 10.2 Å². The second-order valence-corrected chi connectivity index (χ2v) is 13.0. The van der Waals surface area contributed by atoms with Crippen molar-refractivity contribution in [1.29, 1.82) is 0 Å². The second kappa shape index (κ2) is 16.5. The third-order valence-corrected chi connectivity index (χ3v) is 8.73. The average Bonchev–Trinajstić information content (AvgIpc) is 2.98. The fourth-order valence-corrected chi connectivity index (χ4v) is 6.09. The maximum atomic E-state index is 13.9. The van der Waals surface area contributed by atoms with Crippen molar-refractivity contribution in [3.05, 3.63) is 94.0 Å². The molecule has 232 valence electrons. The standard InChI is InChI=1S/C32H39Cl2N3O5S/c1-4-5-18-35-32(39)30(20-24-11-7-6-8-12-24)36(23-25-16-17-26(33)21-29(25)34)31(38)15-10-19-37(43(3,40)41)27-13-9-14-28(22-27)42-2/h6-9,11-14,16-17,21-22,30H,4-5,10,15,18-20,23H2,1-3H3,(H,35,39)/t30-/m1/s1. The van der Waals surface area contributed by atoms with Gasteiger partial charge in [-0.3, -0.25) is 13.9 Å². The summed E-state index contributed by atoms with van der Waals surface area (Å²) in [5.41, 5.74) is 1.99. The molecule has 0 unspecified atom stereocenters. The van der Waals surface area contributed by atoms with Crippen LogP contribution in [-0.4, -0.2) is 57.6 Å². The molecular weight excluding hydrogens is 609 g/mol. The number of benzene rings is 3. The molecule has 0 aromatic heterocycles. The van der Waals surface area contributed by atoms with Crippen LogP contribution < -0.4 is 14.4 Å². The number of hydrogen-bond donors (Lipinski definition) is 1. The molecule has 0 radical (unpaired) electrons. The molecule has 3 aromatic rings. The van der Waals surface area contributed by atoms with E-state index in [-0.39, 0.29) is 37.7 Å². The van der Waals surface area contributed by atoms with Gasteiger partial charge in [0.05, 0.1) is 19.1 Å². The van der Waals surface area contributed by atoms with Crippen molar-refractivity contribution in [2.75, 3.05) is 30.8 Å². The molecule has 0 aliphatic heterocycles. The third-order valence-electron chi connectivity index (χ3n) is 6.95. The van der Waals surface area contributed by atoms with Gasteiger partial charge in [-0.15, -0.1) is 0 Å². The number of methoxy groups -OCH3 is 1. The van der Waals surface area contributed by atoms with Gasteiger partial charge < -0.3 is 15.0 Å². The zero-order valence-corrected chi connectivity index (χ0v) is 27.1. The molecule has 0 aliphatic carbocycles. The number of halogens is 2. The lowest BCUT2D eigenvalue weighted by Gasteiger charge is -2.32. The van der Waals surface area contributed by atoms with Crippen LogP contribution in [0.25, 0.3) is 0 Å². The van der Waals surface area contributed by atoms with E-state index in [9.17, 15) is 18.0 Å². The molecule has 8 nitrogen and oxygen atoms in total. The first-order chi connectivity index (χ1) is 20.5. The number of unbranched alkanes of at least 4 members (excludes halogenated alkanes) is 1. The van der Waals surface area contributed by atoms with Gasteiger partial charge in [-0.05, 0) is 48.2 Å². The highest BCUT2D eigenvalue weighted by Crippen LogP contribution is 2.26. The van der Waals surface area contributed by atoms with Gasteiger partial charge in [-0.1, -0.05) is 79.0 Å². The number of hydrogen-bond acceptors (Lipinski definition) is 5. The van der Waals surface area contributed by atoms with E-state index in [1.165, 1.54) is 11.4 Å².